The Hall–Kier alpha value is -0.0800. The normalized spacial score (nSPS) is 25.1. The van der Waals surface area contributed by atoms with Crippen LogP contribution in [0.3, 0.4) is 0 Å². The lowest BCUT2D eigenvalue weighted by Gasteiger charge is -2.45. The molecule has 0 aromatic heterocycles. The summed E-state index contributed by atoms with van der Waals surface area (Å²) in [6.45, 7) is 15.1. The summed E-state index contributed by atoms with van der Waals surface area (Å²) in [7, 11) is 0. The van der Waals surface area contributed by atoms with Gasteiger partial charge in [-0.1, -0.05) is 20.3 Å². The summed E-state index contributed by atoms with van der Waals surface area (Å²) < 4.78 is 0. The molecule has 0 aromatic rings. The van der Waals surface area contributed by atoms with E-state index < -0.39 is 0 Å². The number of nitrogens with zero attached hydrogens (tertiary/aromatic N) is 1. The van der Waals surface area contributed by atoms with E-state index in [1.54, 1.807) is 0 Å². The van der Waals surface area contributed by atoms with E-state index in [9.17, 15) is 0 Å². The molecule has 17 heavy (non-hydrogen) atoms. The van der Waals surface area contributed by atoms with Crippen molar-refractivity contribution in [2.24, 2.45) is 5.92 Å². The molecule has 2 unspecified atom stereocenters. The molecule has 0 heterocycles. The van der Waals surface area contributed by atoms with Gasteiger partial charge in [-0.2, -0.15) is 0 Å². The topological polar surface area (TPSA) is 15.3 Å². The molecule has 1 rings (SSSR count). The summed E-state index contributed by atoms with van der Waals surface area (Å²) >= 11 is 0. The van der Waals surface area contributed by atoms with E-state index in [2.05, 4.69) is 44.8 Å². The van der Waals surface area contributed by atoms with Crippen LogP contribution < -0.4 is 5.32 Å². The molecule has 1 saturated carbocycles. The van der Waals surface area contributed by atoms with Crippen LogP contribution in [0.1, 0.15) is 60.3 Å². The van der Waals surface area contributed by atoms with Crippen LogP contribution in [0.2, 0.25) is 0 Å². The first kappa shape index (κ1) is 15.0. The predicted octanol–water partition coefficient (Wildman–Crippen LogP) is 3.28. The van der Waals surface area contributed by atoms with Crippen LogP contribution in [0.25, 0.3) is 0 Å². The molecule has 1 aliphatic carbocycles. The van der Waals surface area contributed by atoms with Gasteiger partial charge < -0.3 is 10.2 Å². The third-order valence-corrected chi connectivity index (χ3v) is 3.95. The Labute approximate surface area is 108 Å². The SMILES string of the molecule is CCCCN(CC)C1CCC1CNC(C)(C)C. The molecule has 1 N–H and O–H groups in total. The summed E-state index contributed by atoms with van der Waals surface area (Å²) in [5.41, 5.74) is 0.264. The van der Waals surface area contributed by atoms with E-state index in [4.69, 9.17) is 0 Å². The van der Waals surface area contributed by atoms with Gasteiger partial charge in [0, 0.05) is 11.6 Å². The highest BCUT2D eigenvalue weighted by molar-refractivity contribution is 4.91. The lowest BCUT2D eigenvalue weighted by Crippen LogP contribution is -2.52. The summed E-state index contributed by atoms with van der Waals surface area (Å²) in [6.07, 6.45) is 5.49. The monoisotopic (exact) mass is 240 g/mol. The van der Waals surface area contributed by atoms with Crippen LogP contribution in [0, 0.1) is 5.92 Å². The molecule has 0 bridgehead atoms. The standard InChI is InChI=1S/C15H32N2/c1-6-8-11-17(7-2)14-10-9-13(14)12-16-15(3,4)5/h13-14,16H,6-12H2,1-5H3. The maximum Gasteiger partial charge on any atom is 0.0136 e. The quantitative estimate of drug-likeness (QED) is 0.735. The number of nitrogens with one attached hydrogen (secondary N) is 1. The first-order chi connectivity index (χ1) is 7.98. The molecule has 1 fully saturated rings. The molecular formula is C15H32N2. The van der Waals surface area contributed by atoms with Crippen LogP contribution >= 0.6 is 0 Å². The van der Waals surface area contributed by atoms with Crippen LogP contribution in [0.4, 0.5) is 0 Å². The fraction of sp³-hybridized carbons (Fsp3) is 1.00. The molecule has 0 aliphatic heterocycles. The van der Waals surface area contributed by atoms with E-state index in [-0.39, 0.29) is 5.54 Å². The molecule has 0 amide bonds. The van der Waals surface area contributed by atoms with Gasteiger partial charge in [-0.05, 0) is 65.6 Å². The van der Waals surface area contributed by atoms with Crippen molar-refractivity contribution in [1.82, 2.24) is 10.2 Å². The zero-order valence-corrected chi connectivity index (χ0v) is 12.6. The Morgan fingerprint density at radius 1 is 1.18 bits per heavy atom. The molecule has 2 nitrogen and oxygen atoms in total. The minimum absolute atomic E-state index is 0.264. The van der Waals surface area contributed by atoms with Crippen LogP contribution in [-0.4, -0.2) is 36.1 Å². The van der Waals surface area contributed by atoms with Gasteiger partial charge >= 0.3 is 0 Å². The third-order valence-electron chi connectivity index (χ3n) is 3.95. The van der Waals surface area contributed by atoms with E-state index >= 15 is 0 Å². The number of unbranched alkanes of at least 4 members (excludes halogenated alkanes) is 1. The Kier molecular flexibility index (Phi) is 5.94. The second-order valence-electron chi connectivity index (χ2n) is 6.52. The van der Waals surface area contributed by atoms with Gasteiger partial charge in [0.15, 0.2) is 0 Å². The first-order valence-electron chi connectivity index (χ1n) is 7.47. The Morgan fingerprint density at radius 3 is 2.29 bits per heavy atom. The average Bonchev–Trinajstić information content (AvgIpc) is 2.20. The zero-order valence-electron chi connectivity index (χ0n) is 12.6. The molecular weight excluding hydrogens is 208 g/mol. The predicted molar refractivity (Wildman–Crippen MR) is 76.4 cm³/mol. The lowest BCUT2D eigenvalue weighted by atomic mass is 9.78. The molecule has 0 spiro atoms. The van der Waals surface area contributed by atoms with Gasteiger partial charge in [0.05, 0.1) is 0 Å². The van der Waals surface area contributed by atoms with E-state index in [0.29, 0.717) is 0 Å². The summed E-state index contributed by atoms with van der Waals surface area (Å²) in [4.78, 5) is 2.70. The smallest absolute Gasteiger partial charge is 0.0136 e. The summed E-state index contributed by atoms with van der Waals surface area (Å²) in [5.74, 6) is 0.881. The Balaban J connectivity index is 2.33. The minimum Gasteiger partial charge on any atom is -0.312 e. The second kappa shape index (κ2) is 6.75. The van der Waals surface area contributed by atoms with Gasteiger partial charge in [0.2, 0.25) is 0 Å². The highest BCUT2D eigenvalue weighted by Crippen LogP contribution is 2.32. The summed E-state index contributed by atoms with van der Waals surface area (Å²) in [5, 5.41) is 3.66. The van der Waals surface area contributed by atoms with Crippen LogP contribution in [0.15, 0.2) is 0 Å². The Bertz CT molecular complexity index is 207. The highest BCUT2D eigenvalue weighted by atomic mass is 15.2. The third kappa shape index (κ3) is 4.97. The Morgan fingerprint density at radius 2 is 1.88 bits per heavy atom. The van der Waals surface area contributed by atoms with Crippen molar-refractivity contribution >= 4 is 0 Å². The maximum atomic E-state index is 3.66. The van der Waals surface area contributed by atoms with Gasteiger partial charge in [-0.25, -0.2) is 0 Å². The van der Waals surface area contributed by atoms with E-state index in [1.807, 2.05) is 0 Å². The van der Waals surface area contributed by atoms with Gasteiger partial charge in [-0.15, -0.1) is 0 Å². The van der Waals surface area contributed by atoms with Crippen LogP contribution in [-0.2, 0) is 0 Å². The molecule has 0 radical (unpaired) electrons. The fourth-order valence-corrected chi connectivity index (χ4v) is 2.63. The zero-order chi connectivity index (χ0) is 12.9. The van der Waals surface area contributed by atoms with E-state index in [0.717, 1.165) is 12.0 Å². The summed E-state index contributed by atoms with van der Waals surface area (Å²) in [6, 6.07) is 0.849. The largest absolute Gasteiger partial charge is 0.312 e. The second-order valence-corrected chi connectivity index (χ2v) is 6.52. The van der Waals surface area contributed by atoms with Crippen molar-refractivity contribution in [3.05, 3.63) is 0 Å². The molecule has 2 heteroatoms. The lowest BCUT2D eigenvalue weighted by molar-refractivity contribution is 0.0612. The molecule has 1 aliphatic rings. The number of hydrogen-bond donors (Lipinski definition) is 1. The van der Waals surface area contributed by atoms with Crippen molar-refractivity contribution < 1.29 is 0 Å². The van der Waals surface area contributed by atoms with Crippen molar-refractivity contribution in [3.8, 4) is 0 Å². The van der Waals surface area contributed by atoms with Gasteiger partial charge in [-0.3, -0.25) is 0 Å². The van der Waals surface area contributed by atoms with Gasteiger partial charge in [0.1, 0.15) is 0 Å². The highest BCUT2D eigenvalue weighted by Gasteiger charge is 2.34. The maximum absolute atomic E-state index is 3.66. The number of hydrogen-bond acceptors (Lipinski definition) is 2. The van der Waals surface area contributed by atoms with Crippen LogP contribution in [0.5, 0.6) is 0 Å². The fourth-order valence-electron chi connectivity index (χ4n) is 2.63. The van der Waals surface area contributed by atoms with Crippen molar-refractivity contribution in [3.63, 3.8) is 0 Å². The molecule has 0 aromatic carbocycles. The minimum atomic E-state index is 0.264. The molecule has 102 valence electrons. The average molecular weight is 240 g/mol. The first-order valence-corrected chi connectivity index (χ1v) is 7.47. The van der Waals surface area contributed by atoms with Crippen molar-refractivity contribution in [2.75, 3.05) is 19.6 Å². The molecule has 2 atom stereocenters. The van der Waals surface area contributed by atoms with E-state index in [1.165, 1.54) is 45.3 Å². The van der Waals surface area contributed by atoms with Gasteiger partial charge in [0.25, 0.3) is 0 Å². The molecule has 0 saturated heterocycles. The van der Waals surface area contributed by atoms with Crippen molar-refractivity contribution in [2.45, 2.75) is 71.9 Å². The van der Waals surface area contributed by atoms with Crippen molar-refractivity contribution in [1.29, 1.82) is 0 Å². The number of rotatable bonds is 7.